The monoisotopic (exact) mass is 391 g/mol. The SMILES string of the molecule is COC(=O)C(C)(C)CCCCOc1cc(-c2ccc(C)cc2)c2ccccc2n1. The number of ether oxygens (including phenoxy) is 2. The predicted octanol–water partition coefficient (Wildman–Crippen LogP) is 5.96. The number of aromatic nitrogens is 1. The summed E-state index contributed by atoms with van der Waals surface area (Å²) in [4.78, 5) is 16.4. The summed E-state index contributed by atoms with van der Waals surface area (Å²) in [6.45, 7) is 6.48. The smallest absolute Gasteiger partial charge is 0.311 e. The first-order valence-electron chi connectivity index (χ1n) is 10.1. The summed E-state index contributed by atoms with van der Waals surface area (Å²) < 4.78 is 10.8. The van der Waals surface area contributed by atoms with Crippen LogP contribution in [0.4, 0.5) is 0 Å². The fourth-order valence-corrected chi connectivity index (χ4v) is 3.42. The number of rotatable bonds is 8. The molecular formula is C25H29NO3. The largest absolute Gasteiger partial charge is 0.478 e. The van der Waals surface area contributed by atoms with Gasteiger partial charge in [0.1, 0.15) is 0 Å². The van der Waals surface area contributed by atoms with Crippen LogP contribution >= 0.6 is 0 Å². The number of pyridine rings is 1. The topological polar surface area (TPSA) is 48.4 Å². The average molecular weight is 392 g/mol. The van der Waals surface area contributed by atoms with Crippen LogP contribution in [0.2, 0.25) is 0 Å². The Labute approximate surface area is 172 Å². The van der Waals surface area contributed by atoms with Crippen molar-refractivity contribution in [1.82, 2.24) is 4.98 Å². The quantitative estimate of drug-likeness (QED) is 0.351. The van der Waals surface area contributed by atoms with Gasteiger partial charge < -0.3 is 9.47 Å². The normalized spacial score (nSPS) is 11.4. The number of methoxy groups -OCH3 is 1. The molecule has 0 saturated carbocycles. The lowest BCUT2D eigenvalue weighted by Gasteiger charge is -2.21. The number of aryl methyl sites for hydroxylation is 1. The Morgan fingerprint density at radius 2 is 1.76 bits per heavy atom. The van der Waals surface area contributed by atoms with Crippen LogP contribution in [0.15, 0.2) is 54.6 Å². The molecule has 0 aliphatic heterocycles. The van der Waals surface area contributed by atoms with E-state index in [9.17, 15) is 4.79 Å². The van der Waals surface area contributed by atoms with E-state index in [1.165, 1.54) is 12.7 Å². The fraction of sp³-hybridized carbons (Fsp3) is 0.360. The zero-order valence-electron chi connectivity index (χ0n) is 17.7. The highest BCUT2D eigenvalue weighted by Gasteiger charge is 2.27. The summed E-state index contributed by atoms with van der Waals surface area (Å²) in [7, 11) is 1.43. The molecule has 4 heteroatoms. The molecule has 1 aromatic heterocycles. The van der Waals surface area contributed by atoms with Gasteiger partial charge in [0.05, 0.1) is 24.6 Å². The maximum atomic E-state index is 11.8. The lowest BCUT2D eigenvalue weighted by atomic mass is 9.87. The van der Waals surface area contributed by atoms with Crippen molar-refractivity contribution in [3.63, 3.8) is 0 Å². The molecule has 0 spiro atoms. The van der Waals surface area contributed by atoms with Crippen LogP contribution in [0.3, 0.4) is 0 Å². The predicted molar refractivity (Wildman–Crippen MR) is 117 cm³/mol. The van der Waals surface area contributed by atoms with Gasteiger partial charge in [-0.3, -0.25) is 4.79 Å². The number of esters is 1. The third kappa shape index (κ3) is 5.14. The van der Waals surface area contributed by atoms with Crippen molar-refractivity contribution in [3.8, 4) is 17.0 Å². The standard InChI is InChI=1S/C25H29NO3/c1-18-11-13-19(14-12-18)21-17-23(26-22-10-6-5-9-20(21)22)29-16-8-7-15-25(2,3)24(27)28-4/h5-6,9-14,17H,7-8,15-16H2,1-4H3. The van der Waals surface area contributed by atoms with Gasteiger partial charge in [-0.1, -0.05) is 48.0 Å². The summed E-state index contributed by atoms with van der Waals surface area (Å²) in [5.74, 6) is 0.462. The second-order valence-corrected chi connectivity index (χ2v) is 8.07. The molecule has 2 aromatic carbocycles. The number of nitrogens with zero attached hydrogens (tertiary/aromatic N) is 1. The molecule has 1 heterocycles. The van der Waals surface area contributed by atoms with E-state index in [0.29, 0.717) is 12.5 Å². The lowest BCUT2D eigenvalue weighted by molar-refractivity contribution is -0.151. The van der Waals surface area contributed by atoms with Crippen LogP contribution in [-0.4, -0.2) is 24.7 Å². The summed E-state index contributed by atoms with van der Waals surface area (Å²) in [5, 5.41) is 1.11. The van der Waals surface area contributed by atoms with E-state index in [2.05, 4.69) is 42.2 Å². The number of hydrogen-bond donors (Lipinski definition) is 0. The van der Waals surface area contributed by atoms with Crippen molar-refractivity contribution in [1.29, 1.82) is 0 Å². The molecular weight excluding hydrogens is 362 g/mol. The van der Waals surface area contributed by atoms with Crippen LogP contribution < -0.4 is 4.74 Å². The molecule has 0 aliphatic rings. The Hall–Kier alpha value is -2.88. The van der Waals surface area contributed by atoms with Crippen LogP contribution in [0, 0.1) is 12.3 Å². The highest BCUT2D eigenvalue weighted by molar-refractivity contribution is 5.95. The Morgan fingerprint density at radius 1 is 1.03 bits per heavy atom. The van der Waals surface area contributed by atoms with E-state index in [1.54, 1.807) is 0 Å². The lowest BCUT2D eigenvalue weighted by Crippen LogP contribution is -2.25. The van der Waals surface area contributed by atoms with Crippen molar-refractivity contribution >= 4 is 16.9 Å². The van der Waals surface area contributed by atoms with E-state index >= 15 is 0 Å². The fourth-order valence-electron chi connectivity index (χ4n) is 3.42. The summed E-state index contributed by atoms with van der Waals surface area (Å²) in [6, 6.07) is 18.7. The first-order valence-corrected chi connectivity index (χ1v) is 10.1. The Morgan fingerprint density at radius 3 is 2.48 bits per heavy atom. The van der Waals surface area contributed by atoms with Crippen LogP contribution in [-0.2, 0) is 9.53 Å². The minimum Gasteiger partial charge on any atom is -0.478 e. The molecule has 0 unspecified atom stereocenters. The Bertz CT molecular complexity index is 977. The van der Waals surface area contributed by atoms with E-state index in [1.807, 2.05) is 38.1 Å². The zero-order chi connectivity index (χ0) is 20.9. The summed E-state index contributed by atoms with van der Waals surface area (Å²) >= 11 is 0. The van der Waals surface area contributed by atoms with Crippen LogP contribution in [0.5, 0.6) is 5.88 Å². The molecule has 3 aromatic rings. The summed E-state index contributed by atoms with van der Waals surface area (Å²) in [5.41, 5.74) is 3.97. The molecule has 152 valence electrons. The van der Waals surface area contributed by atoms with Gasteiger partial charge >= 0.3 is 5.97 Å². The number of carbonyl (C=O) groups is 1. The van der Waals surface area contributed by atoms with Crippen molar-refractivity contribution in [2.45, 2.75) is 40.0 Å². The number of unbranched alkanes of at least 4 members (excludes halogenated alkanes) is 1. The number of benzene rings is 2. The first-order chi connectivity index (χ1) is 13.9. The maximum absolute atomic E-state index is 11.8. The molecule has 0 bridgehead atoms. The zero-order valence-corrected chi connectivity index (χ0v) is 17.7. The molecule has 0 aliphatic carbocycles. The molecule has 0 amide bonds. The van der Waals surface area contributed by atoms with E-state index in [0.717, 1.165) is 41.3 Å². The molecule has 29 heavy (non-hydrogen) atoms. The van der Waals surface area contributed by atoms with Crippen molar-refractivity contribution in [3.05, 3.63) is 60.2 Å². The third-order valence-electron chi connectivity index (χ3n) is 5.24. The molecule has 0 saturated heterocycles. The third-order valence-corrected chi connectivity index (χ3v) is 5.24. The average Bonchev–Trinajstić information content (AvgIpc) is 2.72. The summed E-state index contributed by atoms with van der Waals surface area (Å²) in [6.07, 6.45) is 2.51. The van der Waals surface area contributed by atoms with E-state index < -0.39 is 5.41 Å². The number of carbonyl (C=O) groups excluding carboxylic acids is 1. The van der Waals surface area contributed by atoms with Gasteiger partial charge in [-0.2, -0.15) is 0 Å². The van der Waals surface area contributed by atoms with Gasteiger partial charge in [-0.05, 0) is 57.2 Å². The number of hydrogen-bond acceptors (Lipinski definition) is 4. The van der Waals surface area contributed by atoms with Gasteiger partial charge in [-0.25, -0.2) is 4.98 Å². The maximum Gasteiger partial charge on any atom is 0.311 e. The highest BCUT2D eigenvalue weighted by Crippen LogP contribution is 2.31. The van der Waals surface area contributed by atoms with Gasteiger partial charge in [0, 0.05) is 11.5 Å². The number of para-hydroxylation sites is 1. The highest BCUT2D eigenvalue weighted by atomic mass is 16.5. The molecule has 0 radical (unpaired) electrons. The minimum absolute atomic E-state index is 0.169. The van der Waals surface area contributed by atoms with Gasteiger partial charge in [0.15, 0.2) is 0 Å². The molecule has 0 N–H and O–H groups in total. The van der Waals surface area contributed by atoms with E-state index in [4.69, 9.17) is 9.47 Å². The van der Waals surface area contributed by atoms with Crippen LogP contribution in [0.25, 0.3) is 22.0 Å². The van der Waals surface area contributed by atoms with Crippen molar-refractivity contribution < 1.29 is 14.3 Å². The molecule has 0 fully saturated rings. The number of fused-ring (bicyclic) bond motifs is 1. The van der Waals surface area contributed by atoms with Crippen LogP contribution in [0.1, 0.15) is 38.7 Å². The second-order valence-electron chi connectivity index (χ2n) is 8.07. The van der Waals surface area contributed by atoms with E-state index in [-0.39, 0.29) is 5.97 Å². The molecule has 3 rings (SSSR count). The van der Waals surface area contributed by atoms with Gasteiger partial charge in [0.2, 0.25) is 5.88 Å². The molecule has 4 nitrogen and oxygen atoms in total. The van der Waals surface area contributed by atoms with Crippen molar-refractivity contribution in [2.75, 3.05) is 13.7 Å². The van der Waals surface area contributed by atoms with Gasteiger partial charge in [-0.15, -0.1) is 0 Å². The second kappa shape index (κ2) is 9.08. The molecule has 0 atom stereocenters. The minimum atomic E-state index is -0.464. The Kier molecular flexibility index (Phi) is 6.53. The van der Waals surface area contributed by atoms with Gasteiger partial charge in [0.25, 0.3) is 0 Å². The Balaban J connectivity index is 1.70. The van der Waals surface area contributed by atoms with Crippen molar-refractivity contribution in [2.24, 2.45) is 5.41 Å². The first kappa shape index (κ1) is 20.8.